The van der Waals surface area contributed by atoms with E-state index in [1.807, 2.05) is 45.0 Å². The Labute approximate surface area is 159 Å². The van der Waals surface area contributed by atoms with Crippen molar-refractivity contribution in [3.63, 3.8) is 0 Å². The summed E-state index contributed by atoms with van der Waals surface area (Å²) in [6.45, 7) is 5.42. The molecule has 0 aliphatic carbocycles. The molecule has 0 amide bonds. The normalized spacial score (nSPS) is 12.0. The molecule has 0 aliphatic heterocycles. The molecule has 27 heavy (non-hydrogen) atoms. The molecule has 0 saturated heterocycles. The molecule has 3 heterocycles. The van der Waals surface area contributed by atoms with E-state index in [1.165, 1.54) is 6.33 Å². The second kappa shape index (κ2) is 6.31. The van der Waals surface area contributed by atoms with Crippen molar-refractivity contribution >= 4 is 39.6 Å². The van der Waals surface area contributed by atoms with Crippen molar-refractivity contribution in [2.45, 2.75) is 32.9 Å². The van der Waals surface area contributed by atoms with E-state index in [0.717, 1.165) is 10.9 Å². The van der Waals surface area contributed by atoms with Gasteiger partial charge in [-0.15, -0.1) is 0 Å². The lowest BCUT2D eigenvalue weighted by Crippen LogP contribution is -2.26. The molecule has 1 aromatic carbocycles. The lowest BCUT2D eigenvalue weighted by molar-refractivity contribution is -0.155. The van der Waals surface area contributed by atoms with Crippen LogP contribution < -0.4 is 0 Å². The van der Waals surface area contributed by atoms with Crippen LogP contribution in [0.3, 0.4) is 0 Å². The van der Waals surface area contributed by atoms with Gasteiger partial charge >= 0.3 is 5.97 Å². The number of ether oxygens (including phenoxy) is 1. The van der Waals surface area contributed by atoms with E-state index in [2.05, 4.69) is 20.1 Å². The summed E-state index contributed by atoms with van der Waals surface area (Å²) in [6, 6.07) is 7.75. The fourth-order valence-corrected chi connectivity index (χ4v) is 2.98. The zero-order chi connectivity index (χ0) is 19.2. The van der Waals surface area contributed by atoms with Crippen molar-refractivity contribution in [1.82, 2.24) is 29.3 Å². The first kappa shape index (κ1) is 17.4. The van der Waals surface area contributed by atoms with Gasteiger partial charge in [0.25, 0.3) is 0 Å². The molecule has 4 aromatic rings. The Morgan fingerprint density at radius 1 is 1.22 bits per heavy atom. The molecule has 0 unspecified atom stereocenters. The van der Waals surface area contributed by atoms with Gasteiger partial charge in [-0.1, -0.05) is 18.2 Å². The first-order chi connectivity index (χ1) is 12.8. The van der Waals surface area contributed by atoms with Crippen LogP contribution in [0.2, 0.25) is 5.28 Å². The van der Waals surface area contributed by atoms with E-state index in [0.29, 0.717) is 17.0 Å². The Balaban J connectivity index is 1.80. The fraction of sp³-hybridized carbons (Fsp3) is 0.278. The summed E-state index contributed by atoms with van der Waals surface area (Å²) in [4.78, 5) is 25.1. The number of para-hydroxylation sites is 1. The van der Waals surface area contributed by atoms with Crippen LogP contribution in [0.4, 0.5) is 0 Å². The quantitative estimate of drug-likeness (QED) is 0.398. The molecule has 0 aliphatic rings. The van der Waals surface area contributed by atoms with Crippen molar-refractivity contribution in [3.05, 3.63) is 42.1 Å². The lowest BCUT2D eigenvalue weighted by Gasteiger charge is -2.19. The van der Waals surface area contributed by atoms with Crippen LogP contribution in [0.15, 0.2) is 36.8 Å². The number of imidazole rings is 1. The molecule has 0 N–H and O–H groups in total. The number of esters is 1. The standard InChI is InChI=1S/C18H17ClN6O2/c1-18(2,3)27-13(26)9-24-10-20-14-15(24)22-17(19)23-16(14)25-12-7-5-4-6-11(12)8-21-25/h4-8,10H,9H2,1-3H3. The molecule has 4 rings (SSSR count). The zero-order valence-electron chi connectivity index (χ0n) is 15.0. The highest BCUT2D eigenvalue weighted by molar-refractivity contribution is 6.28. The van der Waals surface area contributed by atoms with Gasteiger partial charge in [0.15, 0.2) is 17.0 Å². The van der Waals surface area contributed by atoms with Crippen LogP contribution in [0.25, 0.3) is 27.9 Å². The third kappa shape index (κ3) is 3.35. The molecule has 3 aromatic heterocycles. The molecule has 0 bridgehead atoms. The summed E-state index contributed by atoms with van der Waals surface area (Å²) in [5, 5.41) is 5.41. The molecule has 0 spiro atoms. The van der Waals surface area contributed by atoms with Gasteiger partial charge in [0.05, 0.1) is 18.0 Å². The molecule has 9 heteroatoms. The number of rotatable bonds is 3. The van der Waals surface area contributed by atoms with Crippen LogP contribution in [0.1, 0.15) is 20.8 Å². The average molecular weight is 385 g/mol. The second-order valence-corrected chi connectivity index (χ2v) is 7.40. The van der Waals surface area contributed by atoms with Gasteiger partial charge < -0.3 is 9.30 Å². The average Bonchev–Trinajstić information content (AvgIpc) is 3.17. The Morgan fingerprint density at radius 2 is 2.00 bits per heavy atom. The zero-order valence-corrected chi connectivity index (χ0v) is 15.8. The third-order valence-corrected chi connectivity index (χ3v) is 3.98. The van der Waals surface area contributed by atoms with Gasteiger partial charge in [-0.2, -0.15) is 15.1 Å². The predicted molar refractivity (Wildman–Crippen MR) is 101 cm³/mol. The van der Waals surface area contributed by atoms with E-state index < -0.39 is 5.60 Å². The van der Waals surface area contributed by atoms with Crippen LogP contribution in [-0.4, -0.2) is 40.9 Å². The maximum atomic E-state index is 12.2. The molecule has 0 radical (unpaired) electrons. The highest BCUT2D eigenvalue weighted by Crippen LogP contribution is 2.24. The minimum atomic E-state index is -0.570. The number of benzene rings is 1. The van der Waals surface area contributed by atoms with Gasteiger partial charge in [0.2, 0.25) is 5.28 Å². The molecule has 138 valence electrons. The number of nitrogens with zero attached hydrogens (tertiary/aromatic N) is 6. The van der Waals surface area contributed by atoms with Crippen LogP contribution in [-0.2, 0) is 16.1 Å². The van der Waals surface area contributed by atoms with Crippen LogP contribution in [0, 0.1) is 0 Å². The second-order valence-electron chi connectivity index (χ2n) is 7.06. The number of hydrogen-bond donors (Lipinski definition) is 0. The molecule has 0 fully saturated rings. The minimum absolute atomic E-state index is 0.0274. The van der Waals surface area contributed by atoms with Gasteiger partial charge in [-0.05, 0) is 38.4 Å². The van der Waals surface area contributed by atoms with E-state index in [1.54, 1.807) is 15.4 Å². The Kier molecular flexibility index (Phi) is 4.07. The highest BCUT2D eigenvalue weighted by Gasteiger charge is 2.20. The van der Waals surface area contributed by atoms with Crippen molar-refractivity contribution in [2.24, 2.45) is 0 Å². The summed E-state index contributed by atoms with van der Waals surface area (Å²) in [7, 11) is 0. The summed E-state index contributed by atoms with van der Waals surface area (Å²) in [5.41, 5.74) is 1.24. The number of hydrogen-bond acceptors (Lipinski definition) is 6. The summed E-state index contributed by atoms with van der Waals surface area (Å²) in [5.74, 6) is 0.0664. The van der Waals surface area contributed by atoms with E-state index in [4.69, 9.17) is 16.3 Å². The molecule has 0 saturated carbocycles. The fourth-order valence-electron chi connectivity index (χ4n) is 2.82. The number of halogens is 1. The molecular weight excluding hydrogens is 368 g/mol. The van der Waals surface area contributed by atoms with Crippen molar-refractivity contribution in [1.29, 1.82) is 0 Å². The van der Waals surface area contributed by atoms with E-state index >= 15 is 0 Å². The maximum Gasteiger partial charge on any atom is 0.326 e. The summed E-state index contributed by atoms with van der Waals surface area (Å²) >= 11 is 6.14. The Morgan fingerprint density at radius 3 is 2.78 bits per heavy atom. The SMILES string of the molecule is CC(C)(C)OC(=O)Cn1cnc2c(-n3ncc4ccccc43)nc(Cl)nc21. The largest absolute Gasteiger partial charge is 0.459 e. The first-order valence-corrected chi connectivity index (χ1v) is 8.73. The van der Waals surface area contributed by atoms with Crippen LogP contribution in [0.5, 0.6) is 0 Å². The molecule has 8 nitrogen and oxygen atoms in total. The first-order valence-electron chi connectivity index (χ1n) is 8.35. The van der Waals surface area contributed by atoms with Gasteiger partial charge in [-0.3, -0.25) is 4.79 Å². The topological polar surface area (TPSA) is 87.7 Å². The van der Waals surface area contributed by atoms with E-state index in [-0.39, 0.29) is 17.8 Å². The molecule has 0 atom stereocenters. The number of carbonyl (C=O) groups is 1. The van der Waals surface area contributed by atoms with Crippen LogP contribution >= 0.6 is 11.6 Å². The van der Waals surface area contributed by atoms with Gasteiger partial charge in [-0.25, -0.2) is 9.67 Å². The van der Waals surface area contributed by atoms with E-state index in [9.17, 15) is 4.79 Å². The van der Waals surface area contributed by atoms with Crippen molar-refractivity contribution < 1.29 is 9.53 Å². The monoisotopic (exact) mass is 384 g/mol. The third-order valence-electron chi connectivity index (χ3n) is 3.82. The van der Waals surface area contributed by atoms with Gasteiger partial charge in [0, 0.05) is 5.39 Å². The number of aromatic nitrogens is 6. The molecular formula is C18H17ClN6O2. The van der Waals surface area contributed by atoms with Crippen molar-refractivity contribution in [3.8, 4) is 5.82 Å². The summed E-state index contributed by atoms with van der Waals surface area (Å²) < 4.78 is 8.62. The highest BCUT2D eigenvalue weighted by atomic mass is 35.5. The lowest BCUT2D eigenvalue weighted by atomic mass is 10.2. The minimum Gasteiger partial charge on any atom is -0.459 e. The predicted octanol–water partition coefficient (Wildman–Crippen LogP) is 3.16. The van der Waals surface area contributed by atoms with Gasteiger partial charge in [0.1, 0.15) is 12.1 Å². The maximum absolute atomic E-state index is 12.2. The number of carbonyl (C=O) groups excluding carboxylic acids is 1. The number of fused-ring (bicyclic) bond motifs is 2. The Hall–Kier alpha value is -3.00. The summed E-state index contributed by atoms with van der Waals surface area (Å²) in [6.07, 6.45) is 3.27. The smallest absolute Gasteiger partial charge is 0.326 e. The Bertz CT molecular complexity index is 1160. The van der Waals surface area contributed by atoms with Crippen molar-refractivity contribution in [2.75, 3.05) is 0 Å².